The first-order valence-electron chi connectivity index (χ1n) is 9.25. The monoisotopic (exact) mass is 403 g/mol. The molecule has 1 amide bonds. The topological polar surface area (TPSA) is 126 Å². The van der Waals surface area contributed by atoms with Gasteiger partial charge in [-0.15, -0.1) is 5.10 Å². The molecule has 0 radical (unpaired) electrons. The number of primary amides is 1. The van der Waals surface area contributed by atoms with E-state index in [0.29, 0.717) is 22.8 Å². The summed E-state index contributed by atoms with van der Waals surface area (Å²) >= 11 is 0. The summed E-state index contributed by atoms with van der Waals surface area (Å²) < 4.78 is 4.73. The van der Waals surface area contributed by atoms with Crippen LogP contribution >= 0.6 is 0 Å². The molecule has 0 saturated carbocycles. The lowest BCUT2D eigenvalue weighted by Crippen LogP contribution is -2.21. The van der Waals surface area contributed by atoms with Crippen molar-refractivity contribution in [3.8, 4) is 11.4 Å². The molecule has 5 N–H and O–H groups in total. The van der Waals surface area contributed by atoms with E-state index in [-0.39, 0.29) is 22.8 Å². The molecule has 0 bridgehead atoms. The summed E-state index contributed by atoms with van der Waals surface area (Å²) in [6.45, 7) is 1.81. The van der Waals surface area contributed by atoms with E-state index in [0.717, 1.165) is 0 Å². The minimum absolute atomic E-state index is 0.0211. The van der Waals surface area contributed by atoms with Gasteiger partial charge in [-0.3, -0.25) is 14.3 Å². The molecule has 4 aromatic rings. The first kappa shape index (κ1) is 19.1. The Kier molecular flexibility index (Phi) is 4.63. The second-order valence-corrected chi connectivity index (χ2v) is 6.78. The lowest BCUT2D eigenvalue weighted by molar-refractivity contribution is 0.100. The lowest BCUT2D eigenvalue weighted by Gasteiger charge is -2.10. The molecule has 0 aliphatic heterocycles. The van der Waals surface area contributed by atoms with E-state index in [2.05, 4.69) is 10.4 Å². The highest BCUT2D eigenvalue weighted by Gasteiger charge is 2.25. The van der Waals surface area contributed by atoms with E-state index in [1.807, 2.05) is 60.7 Å². The maximum atomic E-state index is 13.3. The minimum Gasteiger partial charge on any atom is -0.381 e. The summed E-state index contributed by atoms with van der Waals surface area (Å²) in [4.78, 5) is 25.4. The summed E-state index contributed by atoms with van der Waals surface area (Å²) in [6.07, 6.45) is 0. The van der Waals surface area contributed by atoms with Crippen molar-refractivity contribution >= 4 is 23.2 Å². The molecule has 2 aromatic heterocycles. The van der Waals surface area contributed by atoms with Gasteiger partial charge in [0.1, 0.15) is 17.1 Å². The smallest absolute Gasteiger partial charge is 0.295 e. The molecule has 0 unspecified atom stereocenters. The van der Waals surface area contributed by atoms with Crippen LogP contribution in [0.1, 0.15) is 16.1 Å². The molecular weight excluding hydrogens is 382 g/mol. The molecule has 9 nitrogen and oxygen atoms in total. The first-order chi connectivity index (χ1) is 14.4. The Balaban J connectivity index is 1.91. The Bertz CT molecular complexity index is 1280. The molecule has 30 heavy (non-hydrogen) atoms. The van der Waals surface area contributed by atoms with Gasteiger partial charge in [-0.05, 0) is 31.2 Å². The maximum Gasteiger partial charge on any atom is 0.295 e. The number of aromatic nitrogens is 4. The van der Waals surface area contributed by atoms with Gasteiger partial charge in [-0.25, -0.2) is 9.36 Å². The van der Waals surface area contributed by atoms with Crippen LogP contribution in [0, 0.1) is 6.92 Å². The number of nitrogens with one attached hydrogen (secondary N) is 1. The summed E-state index contributed by atoms with van der Waals surface area (Å²) in [5.74, 6) is -0.530. The van der Waals surface area contributed by atoms with Crippen molar-refractivity contribution in [3.05, 3.63) is 82.3 Å². The van der Waals surface area contributed by atoms with E-state index in [1.54, 1.807) is 18.7 Å². The lowest BCUT2D eigenvalue weighted by atomic mass is 10.2. The van der Waals surface area contributed by atoms with Gasteiger partial charge in [0.15, 0.2) is 5.82 Å². The first-order valence-corrected chi connectivity index (χ1v) is 9.25. The van der Waals surface area contributed by atoms with Gasteiger partial charge >= 0.3 is 0 Å². The van der Waals surface area contributed by atoms with Gasteiger partial charge in [0, 0.05) is 7.05 Å². The summed E-state index contributed by atoms with van der Waals surface area (Å²) in [7, 11) is 1.78. The van der Waals surface area contributed by atoms with Crippen LogP contribution in [-0.2, 0) is 7.05 Å². The Labute approximate surface area is 172 Å². The van der Waals surface area contributed by atoms with Crippen molar-refractivity contribution in [1.29, 1.82) is 0 Å². The number of nitrogens with zero attached hydrogens (tertiary/aromatic N) is 4. The van der Waals surface area contributed by atoms with Crippen LogP contribution in [0.3, 0.4) is 0 Å². The average molecular weight is 403 g/mol. The SMILES string of the molecule is Cc1c(Nc2c(C(N)=O)c(N)nn2-c2ccccc2)c(=O)n(-c2ccccc2)n1C. The summed E-state index contributed by atoms with van der Waals surface area (Å²) in [5.41, 5.74) is 13.6. The van der Waals surface area contributed by atoms with Gasteiger partial charge < -0.3 is 16.8 Å². The predicted molar refractivity (Wildman–Crippen MR) is 116 cm³/mol. The molecule has 0 spiro atoms. The molecule has 0 atom stereocenters. The van der Waals surface area contributed by atoms with Crippen molar-refractivity contribution in [2.75, 3.05) is 11.1 Å². The highest BCUT2D eigenvalue weighted by molar-refractivity contribution is 6.03. The second-order valence-electron chi connectivity index (χ2n) is 6.78. The zero-order valence-corrected chi connectivity index (χ0v) is 16.5. The molecule has 2 heterocycles. The van der Waals surface area contributed by atoms with Crippen molar-refractivity contribution < 1.29 is 4.79 Å². The van der Waals surface area contributed by atoms with E-state index in [1.165, 1.54) is 9.36 Å². The van der Waals surface area contributed by atoms with Crippen LogP contribution in [0.2, 0.25) is 0 Å². The van der Waals surface area contributed by atoms with E-state index < -0.39 is 5.91 Å². The highest BCUT2D eigenvalue weighted by atomic mass is 16.1. The van der Waals surface area contributed by atoms with E-state index in [4.69, 9.17) is 11.5 Å². The van der Waals surface area contributed by atoms with Crippen molar-refractivity contribution in [1.82, 2.24) is 19.1 Å². The normalized spacial score (nSPS) is 10.9. The van der Waals surface area contributed by atoms with Crippen LogP contribution in [0.25, 0.3) is 11.4 Å². The van der Waals surface area contributed by atoms with Gasteiger partial charge in [-0.1, -0.05) is 36.4 Å². The maximum absolute atomic E-state index is 13.3. The fraction of sp³-hybridized carbons (Fsp3) is 0.0952. The van der Waals surface area contributed by atoms with E-state index >= 15 is 0 Å². The number of hydrogen-bond donors (Lipinski definition) is 3. The number of anilines is 3. The zero-order valence-electron chi connectivity index (χ0n) is 16.5. The number of benzene rings is 2. The van der Waals surface area contributed by atoms with Gasteiger partial charge in [0.2, 0.25) is 0 Å². The minimum atomic E-state index is -0.742. The average Bonchev–Trinajstić information content (AvgIpc) is 3.18. The molecule has 9 heteroatoms. The summed E-state index contributed by atoms with van der Waals surface area (Å²) in [6, 6.07) is 18.4. The van der Waals surface area contributed by atoms with Gasteiger partial charge in [0.05, 0.1) is 17.1 Å². The molecule has 152 valence electrons. The fourth-order valence-corrected chi connectivity index (χ4v) is 3.38. The van der Waals surface area contributed by atoms with Crippen molar-refractivity contribution in [3.63, 3.8) is 0 Å². The van der Waals surface area contributed by atoms with Crippen LogP contribution in [0.4, 0.5) is 17.3 Å². The highest BCUT2D eigenvalue weighted by Crippen LogP contribution is 2.28. The number of hydrogen-bond acceptors (Lipinski definition) is 5. The molecule has 2 aromatic carbocycles. The van der Waals surface area contributed by atoms with E-state index in [9.17, 15) is 9.59 Å². The number of carbonyl (C=O) groups is 1. The third-order valence-electron chi connectivity index (χ3n) is 4.96. The standard InChI is InChI=1S/C21H21N7O2/c1-13-17(21(30)28(26(13)2)15-11-7-4-8-12-15)24-20-16(19(23)29)18(22)25-27(20)14-9-5-3-6-10-14/h3-12,24H,1-2H3,(H2,22,25)(H2,23,29). The van der Waals surface area contributed by atoms with Gasteiger partial charge in [0.25, 0.3) is 11.5 Å². The molecule has 4 rings (SSSR count). The largest absolute Gasteiger partial charge is 0.381 e. The number of rotatable bonds is 5. The van der Waals surface area contributed by atoms with Crippen LogP contribution in [0.15, 0.2) is 65.5 Å². The predicted octanol–water partition coefficient (Wildman–Crippen LogP) is 2.09. The molecular formula is C21H21N7O2. The molecule has 0 saturated heterocycles. The fourth-order valence-electron chi connectivity index (χ4n) is 3.38. The number of amides is 1. The quantitative estimate of drug-likeness (QED) is 0.470. The number of nitrogens with two attached hydrogens (primary N) is 2. The summed E-state index contributed by atoms with van der Waals surface area (Å²) in [5, 5.41) is 7.34. The molecule has 0 fully saturated rings. The zero-order chi connectivity index (χ0) is 21.4. The van der Waals surface area contributed by atoms with Crippen LogP contribution in [0.5, 0.6) is 0 Å². The van der Waals surface area contributed by atoms with Crippen molar-refractivity contribution in [2.24, 2.45) is 12.8 Å². The Morgan fingerprint density at radius 3 is 2.13 bits per heavy atom. The van der Waals surface area contributed by atoms with Crippen LogP contribution < -0.4 is 22.3 Å². The van der Waals surface area contributed by atoms with Crippen molar-refractivity contribution in [2.45, 2.75) is 6.92 Å². The number of nitrogen functional groups attached to an aromatic ring is 1. The molecule has 0 aliphatic carbocycles. The Hall–Kier alpha value is -4.27. The molecule has 0 aliphatic rings. The van der Waals surface area contributed by atoms with Gasteiger partial charge in [-0.2, -0.15) is 0 Å². The Morgan fingerprint density at radius 1 is 1.00 bits per heavy atom. The Morgan fingerprint density at radius 2 is 1.57 bits per heavy atom. The second kappa shape index (κ2) is 7.28. The number of para-hydroxylation sites is 2. The number of carbonyl (C=O) groups excluding carboxylic acids is 1. The van der Waals surface area contributed by atoms with Crippen LogP contribution in [-0.4, -0.2) is 25.1 Å². The third-order valence-corrected chi connectivity index (χ3v) is 4.96. The third kappa shape index (κ3) is 3.02.